The molecule has 0 saturated heterocycles. The number of aryl methyl sites for hydroxylation is 1. The van der Waals surface area contributed by atoms with E-state index in [1.54, 1.807) is 7.11 Å². The van der Waals surface area contributed by atoms with Crippen LogP contribution in [-0.4, -0.2) is 12.9 Å². The van der Waals surface area contributed by atoms with Crippen molar-refractivity contribution in [3.05, 3.63) is 29.8 Å². The van der Waals surface area contributed by atoms with E-state index in [1.807, 2.05) is 12.1 Å². The molecule has 1 aliphatic carbocycles. The van der Waals surface area contributed by atoms with Crippen molar-refractivity contribution in [1.82, 2.24) is 0 Å². The molecule has 2 rings (SSSR count). The van der Waals surface area contributed by atoms with E-state index in [4.69, 9.17) is 4.74 Å². The molecule has 0 aromatic heterocycles. The molecule has 18 heavy (non-hydrogen) atoms. The average molecular weight is 246 g/mol. The van der Waals surface area contributed by atoms with Gasteiger partial charge >= 0.3 is 0 Å². The fourth-order valence-electron chi connectivity index (χ4n) is 2.81. The molecular formula is C16H22O2. The van der Waals surface area contributed by atoms with Crippen LogP contribution in [0.2, 0.25) is 0 Å². The summed E-state index contributed by atoms with van der Waals surface area (Å²) in [6.45, 7) is 4.26. The van der Waals surface area contributed by atoms with Gasteiger partial charge in [0.05, 0.1) is 7.11 Å². The third-order valence-electron chi connectivity index (χ3n) is 4.30. The van der Waals surface area contributed by atoms with Crippen molar-refractivity contribution >= 4 is 5.78 Å². The molecule has 1 aromatic carbocycles. The van der Waals surface area contributed by atoms with E-state index in [9.17, 15) is 4.79 Å². The number of ketones is 1. The largest absolute Gasteiger partial charge is 0.497 e. The number of ether oxygens (including phenoxy) is 1. The lowest BCUT2D eigenvalue weighted by Gasteiger charge is -2.08. The Hall–Kier alpha value is -1.31. The molecule has 0 spiro atoms. The summed E-state index contributed by atoms with van der Waals surface area (Å²) in [5.74, 6) is 2.44. The van der Waals surface area contributed by atoms with Crippen molar-refractivity contribution in [3.8, 4) is 5.75 Å². The summed E-state index contributed by atoms with van der Waals surface area (Å²) >= 11 is 0. The third kappa shape index (κ3) is 2.74. The molecule has 0 bridgehead atoms. The Kier molecular flexibility index (Phi) is 4.05. The highest BCUT2D eigenvalue weighted by atomic mass is 16.5. The molecule has 98 valence electrons. The van der Waals surface area contributed by atoms with Crippen LogP contribution in [0.15, 0.2) is 24.3 Å². The number of carbonyl (C=O) groups excluding carboxylic acids is 1. The molecule has 1 aliphatic rings. The molecule has 0 aliphatic heterocycles. The molecule has 0 heterocycles. The molecule has 1 aromatic rings. The van der Waals surface area contributed by atoms with Gasteiger partial charge in [-0.1, -0.05) is 26.0 Å². The number of hydrogen-bond acceptors (Lipinski definition) is 2. The van der Waals surface area contributed by atoms with Crippen LogP contribution in [0.5, 0.6) is 5.75 Å². The van der Waals surface area contributed by atoms with Crippen LogP contribution in [-0.2, 0) is 11.2 Å². The van der Waals surface area contributed by atoms with Crippen molar-refractivity contribution in [2.24, 2.45) is 17.8 Å². The van der Waals surface area contributed by atoms with Gasteiger partial charge in [-0.25, -0.2) is 0 Å². The van der Waals surface area contributed by atoms with E-state index in [0.29, 0.717) is 11.7 Å². The summed E-state index contributed by atoms with van der Waals surface area (Å²) in [5, 5.41) is 0. The molecule has 2 heteroatoms. The van der Waals surface area contributed by atoms with Gasteiger partial charge in [-0.05, 0) is 42.9 Å². The zero-order chi connectivity index (χ0) is 13.1. The lowest BCUT2D eigenvalue weighted by atomic mass is 9.96. The topological polar surface area (TPSA) is 26.3 Å². The number of Topliss-reactive ketones (excluding diaryl/α,β-unsaturated/α-hetero) is 1. The maximum absolute atomic E-state index is 12.0. The monoisotopic (exact) mass is 246 g/mol. The molecular weight excluding hydrogens is 224 g/mol. The second-order valence-electron chi connectivity index (χ2n) is 5.49. The van der Waals surface area contributed by atoms with Gasteiger partial charge in [0, 0.05) is 11.8 Å². The molecule has 0 amide bonds. The van der Waals surface area contributed by atoms with Gasteiger partial charge in [0.25, 0.3) is 0 Å². The van der Waals surface area contributed by atoms with Gasteiger partial charge in [-0.3, -0.25) is 4.79 Å². The minimum atomic E-state index is 0.255. The molecule has 3 unspecified atom stereocenters. The van der Waals surface area contributed by atoms with Crippen molar-refractivity contribution in [2.75, 3.05) is 7.11 Å². The number of benzene rings is 1. The molecule has 3 atom stereocenters. The zero-order valence-electron chi connectivity index (χ0n) is 11.5. The summed E-state index contributed by atoms with van der Waals surface area (Å²) in [4.78, 5) is 12.0. The van der Waals surface area contributed by atoms with E-state index < -0.39 is 0 Å². The first-order valence-corrected chi connectivity index (χ1v) is 6.78. The van der Waals surface area contributed by atoms with Gasteiger partial charge < -0.3 is 4.74 Å². The van der Waals surface area contributed by atoms with Gasteiger partial charge in [-0.2, -0.15) is 0 Å². The second kappa shape index (κ2) is 5.55. The summed E-state index contributed by atoms with van der Waals surface area (Å²) in [5.41, 5.74) is 1.29. The quantitative estimate of drug-likeness (QED) is 0.813. The Balaban J connectivity index is 1.90. The van der Waals surface area contributed by atoms with E-state index in [0.717, 1.165) is 25.0 Å². The first-order valence-electron chi connectivity index (χ1n) is 6.78. The summed E-state index contributed by atoms with van der Waals surface area (Å²) in [6, 6.07) is 8.14. The summed E-state index contributed by atoms with van der Waals surface area (Å²) in [6.07, 6.45) is 3.04. The lowest BCUT2D eigenvalue weighted by molar-refractivity contribution is -0.123. The van der Waals surface area contributed by atoms with Gasteiger partial charge in [0.15, 0.2) is 0 Å². The molecule has 1 saturated carbocycles. The van der Waals surface area contributed by atoms with Crippen LogP contribution in [0.25, 0.3) is 0 Å². The second-order valence-corrected chi connectivity index (χ2v) is 5.49. The normalized spacial score (nSPS) is 27.5. The maximum Gasteiger partial charge on any atom is 0.139 e. The number of rotatable bonds is 4. The highest BCUT2D eigenvalue weighted by Crippen LogP contribution is 2.35. The highest BCUT2D eigenvalue weighted by Gasteiger charge is 2.35. The van der Waals surface area contributed by atoms with E-state index >= 15 is 0 Å². The fourth-order valence-corrected chi connectivity index (χ4v) is 2.81. The van der Waals surface area contributed by atoms with E-state index in [1.165, 1.54) is 5.56 Å². The Labute approximate surface area is 109 Å². The zero-order valence-corrected chi connectivity index (χ0v) is 11.5. The van der Waals surface area contributed by atoms with Crippen LogP contribution in [0.4, 0.5) is 0 Å². The Morgan fingerprint density at radius 3 is 2.39 bits per heavy atom. The van der Waals surface area contributed by atoms with Gasteiger partial charge in [-0.15, -0.1) is 0 Å². The van der Waals surface area contributed by atoms with Crippen molar-refractivity contribution < 1.29 is 9.53 Å². The van der Waals surface area contributed by atoms with Crippen LogP contribution in [0.1, 0.15) is 32.3 Å². The Morgan fingerprint density at radius 1 is 1.22 bits per heavy atom. The van der Waals surface area contributed by atoms with Crippen LogP contribution >= 0.6 is 0 Å². The summed E-state index contributed by atoms with van der Waals surface area (Å²) in [7, 11) is 1.68. The van der Waals surface area contributed by atoms with E-state index in [2.05, 4.69) is 26.0 Å². The minimum Gasteiger partial charge on any atom is -0.497 e. The van der Waals surface area contributed by atoms with Crippen molar-refractivity contribution in [2.45, 2.75) is 33.1 Å². The number of methoxy groups -OCH3 is 1. The maximum atomic E-state index is 12.0. The third-order valence-corrected chi connectivity index (χ3v) is 4.30. The predicted molar refractivity (Wildman–Crippen MR) is 72.8 cm³/mol. The van der Waals surface area contributed by atoms with Gasteiger partial charge in [0.2, 0.25) is 0 Å². The molecule has 1 fully saturated rings. The van der Waals surface area contributed by atoms with Crippen LogP contribution in [0.3, 0.4) is 0 Å². The van der Waals surface area contributed by atoms with Crippen molar-refractivity contribution in [1.29, 1.82) is 0 Å². The standard InChI is InChI=1S/C16H22O2/c1-11-10-14(16(17)12(11)2)7-4-13-5-8-15(18-3)9-6-13/h5-6,8-9,11-12,14H,4,7,10H2,1-3H3. The number of carbonyl (C=O) groups is 1. The molecule has 0 N–H and O–H groups in total. The first-order chi connectivity index (χ1) is 8.61. The minimum absolute atomic E-state index is 0.255. The molecule has 2 nitrogen and oxygen atoms in total. The summed E-state index contributed by atoms with van der Waals surface area (Å²) < 4.78 is 5.14. The smallest absolute Gasteiger partial charge is 0.139 e. The number of hydrogen-bond donors (Lipinski definition) is 0. The van der Waals surface area contributed by atoms with Gasteiger partial charge in [0.1, 0.15) is 11.5 Å². The fraction of sp³-hybridized carbons (Fsp3) is 0.562. The average Bonchev–Trinajstić information content (AvgIpc) is 2.64. The lowest BCUT2D eigenvalue weighted by Crippen LogP contribution is -2.13. The Morgan fingerprint density at radius 2 is 1.89 bits per heavy atom. The first kappa shape index (κ1) is 13.1. The van der Waals surface area contributed by atoms with Crippen molar-refractivity contribution in [3.63, 3.8) is 0 Å². The van der Waals surface area contributed by atoms with Crippen LogP contribution in [0, 0.1) is 17.8 Å². The molecule has 0 radical (unpaired) electrons. The highest BCUT2D eigenvalue weighted by molar-refractivity contribution is 5.85. The van der Waals surface area contributed by atoms with E-state index in [-0.39, 0.29) is 11.8 Å². The SMILES string of the molecule is COc1ccc(CCC2CC(C)C(C)C2=O)cc1. The predicted octanol–water partition coefficient (Wildman–Crippen LogP) is 3.49. The van der Waals surface area contributed by atoms with Crippen LogP contribution < -0.4 is 4.74 Å². The Bertz CT molecular complexity index is 408.